The highest BCUT2D eigenvalue weighted by Crippen LogP contribution is 2.17. The third kappa shape index (κ3) is 4.19. The highest BCUT2D eigenvalue weighted by molar-refractivity contribution is 7.89. The molecule has 134 valence electrons. The molecule has 1 amide bonds. The summed E-state index contributed by atoms with van der Waals surface area (Å²) in [5, 5.41) is 2.39. The van der Waals surface area contributed by atoms with Gasteiger partial charge in [0.15, 0.2) is 0 Å². The van der Waals surface area contributed by atoms with Crippen molar-refractivity contribution in [2.75, 3.05) is 31.9 Å². The smallest absolute Gasteiger partial charge is 0.222 e. The Morgan fingerprint density at radius 3 is 2.36 bits per heavy atom. The molecule has 3 rings (SSSR count). The van der Waals surface area contributed by atoms with Gasteiger partial charge in [-0.3, -0.25) is 4.79 Å². The van der Waals surface area contributed by atoms with E-state index in [1.807, 2.05) is 12.1 Å². The van der Waals surface area contributed by atoms with E-state index in [4.69, 9.17) is 0 Å². The van der Waals surface area contributed by atoms with E-state index in [2.05, 4.69) is 30.3 Å². The summed E-state index contributed by atoms with van der Waals surface area (Å²) in [7, 11) is -3.15. The van der Waals surface area contributed by atoms with Crippen molar-refractivity contribution in [3.63, 3.8) is 0 Å². The van der Waals surface area contributed by atoms with Gasteiger partial charge in [-0.1, -0.05) is 42.5 Å². The minimum absolute atomic E-state index is 0.0988. The number of rotatable bonds is 5. The summed E-state index contributed by atoms with van der Waals surface area (Å²) in [5.74, 6) is 0.213. The van der Waals surface area contributed by atoms with Crippen molar-refractivity contribution < 1.29 is 13.2 Å². The second-order valence-corrected chi connectivity index (χ2v) is 8.62. The maximum atomic E-state index is 12.4. The van der Waals surface area contributed by atoms with Crippen LogP contribution in [-0.4, -0.2) is 55.5 Å². The number of carbonyl (C=O) groups excluding carboxylic acids is 1. The summed E-state index contributed by atoms with van der Waals surface area (Å²) in [5.41, 5.74) is 1.15. The van der Waals surface area contributed by atoms with Gasteiger partial charge in [-0.15, -0.1) is 0 Å². The Morgan fingerprint density at radius 1 is 1.00 bits per heavy atom. The van der Waals surface area contributed by atoms with Crippen LogP contribution in [0.1, 0.15) is 18.9 Å². The molecule has 0 saturated carbocycles. The zero-order valence-corrected chi connectivity index (χ0v) is 15.3. The van der Waals surface area contributed by atoms with Crippen molar-refractivity contribution in [1.29, 1.82) is 0 Å². The number of fused-ring (bicyclic) bond motifs is 1. The van der Waals surface area contributed by atoms with Crippen LogP contribution in [0.3, 0.4) is 0 Å². The minimum Gasteiger partial charge on any atom is -0.340 e. The van der Waals surface area contributed by atoms with E-state index in [9.17, 15) is 13.2 Å². The molecular weight excluding hydrogens is 336 g/mol. The predicted molar refractivity (Wildman–Crippen MR) is 99.9 cm³/mol. The lowest BCUT2D eigenvalue weighted by atomic mass is 10.0. The van der Waals surface area contributed by atoms with E-state index in [1.165, 1.54) is 15.1 Å². The molecule has 2 aromatic rings. The van der Waals surface area contributed by atoms with Crippen molar-refractivity contribution in [2.45, 2.75) is 19.8 Å². The predicted octanol–water partition coefficient (Wildman–Crippen LogP) is 2.27. The number of nitrogens with zero attached hydrogens (tertiary/aromatic N) is 2. The maximum Gasteiger partial charge on any atom is 0.222 e. The van der Waals surface area contributed by atoms with Gasteiger partial charge in [0.25, 0.3) is 0 Å². The number of aryl methyl sites for hydroxylation is 1. The Hall–Kier alpha value is -1.92. The van der Waals surface area contributed by atoms with Crippen LogP contribution in [0, 0.1) is 0 Å². The third-order valence-corrected chi connectivity index (χ3v) is 6.67. The first-order valence-electron chi connectivity index (χ1n) is 8.73. The molecule has 1 fully saturated rings. The second-order valence-electron chi connectivity index (χ2n) is 6.36. The van der Waals surface area contributed by atoms with Crippen LogP contribution in [0.2, 0.25) is 0 Å². The summed E-state index contributed by atoms with van der Waals surface area (Å²) < 4.78 is 25.2. The molecule has 5 nitrogen and oxygen atoms in total. The molecule has 0 atom stereocenters. The molecule has 25 heavy (non-hydrogen) atoms. The average Bonchev–Trinajstić information content (AvgIpc) is 2.66. The first kappa shape index (κ1) is 17.9. The van der Waals surface area contributed by atoms with E-state index >= 15 is 0 Å². The van der Waals surface area contributed by atoms with Gasteiger partial charge >= 0.3 is 0 Å². The van der Waals surface area contributed by atoms with Crippen LogP contribution >= 0.6 is 0 Å². The van der Waals surface area contributed by atoms with Gasteiger partial charge in [0.2, 0.25) is 15.9 Å². The summed E-state index contributed by atoms with van der Waals surface area (Å²) in [6, 6.07) is 14.5. The summed E-state index contributed by atoms with van der Waals surface area (Å²) in [6.45, 7) is 3.41. The Morgan fingerprint density at radius 2 is 1.68 bits per heavy atom. The molecule has 0 spiro atoms. The molecule has 1 heterocycles. The van der Waals surface area contributed by atoms with E-state index in [0.29, 0.717) is 39.0 Å². The van der Waals surface area contributed by atoms with Crippen molar-refractivity contribution >= 4 is 26.7 Å². The highest BCUT2D eigenvalue weighted by Gasteiger charge is 2.27. The standard InChI is InChI=1S/C19H24N2O3S/c1-2-25(23,24)21-13-11-20(12-14-21)19(22)10-8-16-7-9-17-5-3-4-6-18(17)15-16/h3-7,9,15H,2,8,10-14H2,1H3. The molecule has 0 unspecified atom stereocenters. The molecule has 1 aliphatic rings. The fourth-order valence-electron chi connectivity index (χ4n) is 3.20. The van der Waals surface area contributed by atoms with Crippen LogP contribution in [0.15, 0.2) is 42.5 Å². The first-order valence-corrected chi connectivity index (χ1v) is 10.3. The minimum atomic E-state index is -3.15. The third-order valence-electron chi connectivity index (χ3n) is 4.79. The van der Waals surface area contributed by atoms with Crippen molar-refractivity contribution in [1.82, 2.24) is 9.21 Å². The van der Waals surface area contributed by atoms with Gasteiger partial charge in [-0.2, -0.15) is 4.31 Å². The SMILES string of the molecule is CCS(=O)(=O)N1CCN(C(=O)CCc2ccc3ccccc3c2)CC1. The van der Waals surface area contributed by atoms with E-state index in [0.717, 1.165) is 5.56 Å². The quantitative estimate of drug-likeness (QED) is 0.822. The summed E-state index contributed by atoms with van der Waals surface area (Å²) in [4.78, 5) is 14.2. The Bertz CT molecular complexity index is 856. The Labute approximate surface area is 149 Å². The lowest BCUT2D eigenvalue weighted by Gasteiger charge is -2.33. The number of carbonyl (C=O) groups is 1. The lowest BCUT2D eigenvalue weighted by molar-refractivity contribution is -0.132. The van der Waals surface area contributed by atoms with Crippen LogP contribution < -0.4 is 0 Å². The van der Waals surface area contributed by atoms with Crippen LogP contribution in [0.25, 0.3) is 10.8 Å². The molecule has 1 aliphatic heterocycles. The number of hydrogen-bond acceptors (Lipinski definition) is 3. The van der Waals surface area contributed by atoms with Gasteiger partial charge in [0, 0.05) is 32.6 Å². The molecule has 1 saturated heterocycles. The Balaban J connectivity index is 1.54. The molecular formula is C19H24N2O3S. The average molecular weight is 360 g/mol. The summed E-state index contributed by atoms with van der Waals surface area (Å²) in [6.07, 6.45) is 1.16. The van der Waals surface area contributed by atoms with Crippen LogP contribution in [0.5, 0.6) is 0 Å². The normalized spacial score (nSPS) is 16.3. The van der Waals surface area contributed by atoms with E-state index in [1.54, 1.807) is 11.8 Å². The zero-order valence-electron chi connectivity index (χ0n) is 14.5. The molecule has 0 bridgehead atoms. The topological polar surface area (TPSA) is 57.7 Å². The second kappa shape index (κ2) is 7.54. The van der Waals surface area contributed by atoms with Gasteiger partial charge in [0.1, 0.15) is 0 Å². The number of hydrogen-bond donors (Lipinski definition) is 0. The molecule has 0 radical (unpaired) electrons. The van der Waals surface area contributed by atoms with Gasteiger partial charge < -0.3 is 4.90 Å². The number of piperazine rings is 1. The van der Waals surface area contributed by atoms with Crippen molar-refractivity contribution in [3.05, 3.63) is 48.0 Å². The fraction of sp³-hybridized carbons (Fsp3) is 0.421. The molecule has 6 heteroatoms. The molecule has 2 aromatic carbocycles. The van der Waals surface area contributed by atoms with E-state index < -0.39 is 10.0 Å². The molecule has 0 aliphatic carbocycles. The van der Waals surface area contributed by atoms with Crippen LogP contribution in [0.4, 0.5) is 0 Å². The van der Waals surface area contributed by atoms with Gasteiger partial charge in [-0.25, -0.2) is 8.42 Å². The zero-order chi connectivity index (χ0) is 17.9. The van der Waals surface area contributed by atoms with Crippen LogP contribution in [-0.2, 0) is 21.2 Å². The van der Waals surface area contributed by atoms with Crippen molar-refractivity contribution in [3.8, 4) is 0 Å². The Kier molecular flexibility index (Phi) is 5.39. The van der Waals surface area contributed by atoms with E-state index in [-0.39, 0.29) is 11.7 Å². The molecule has 0 N–H and O–H groups in total. The first-order chi connectivity index (χ1) is 12.0. The number of sulfonamides is 1. The van der Waals surface area contributed by atoms with Gasteiger partial charge in [-0.05, 0) is 29.7 Å². The summed E-state index contributed by atoms with van der Waals surface area (Å²) >= 11 is 0. The highest BCUT2D eigenvalue weighted by atomic mass is 32.2. The number of benzene rings is 2. The maximum absolute atomic E-state index is 12.4. The van der Waals surface area contributed by atoms with Gasteiger partial charge in [0.05, 0.1) is 5.75 Å². The lowest BCUT2D eigenvalue weighted by Crippen LogP contribution is -2.50. The molecule has 0 aromatic heterocycles. The monoisotopic (exact) mass is 360 g/mol. The fourth-order valence-corrected chi connectivity index (χ4v) is 4.29. The van der Waals surface area contributed by atoms with Crippen molar-refractivity contribution in [2.24, 2.45) is 0 Å². The number of amides is 1. The largest absolute Gasteiger partial charge is 0.340 e.